The largest absolute Gasteiger partial charge is 0.707 e. The number of hydrogen-bond donors (Lipinski definition) is 3. The summed E-state index contributed by atoms with van der Waals surface area (Å²) in [5, 5.41) is 23.7. The monoisotopic (exact) mass is 205 g/mol. The van der Waals surface area contributed by atoms with E-state index in [1.807, 2.05) is 0 Å². The van der Waals surface area contributed by atoms with Gasteiger partial charge in [0.1, 0.15) is 12.1 Å². The molecule has 2 aromatic rings. The summed E-state index contributed by atoms with van der Waals surface area (Å²) in [6.45, 7) is 0. The van der Waals surface area contributed by atoms with Crippen molar-refractivity contribution in [1.29, 1.82) is 0 Å². The van der Waals surface area contributed by atoms with Gasteiger partial charge in [-0.25, -0.2) is 4.98 Å². The summed E-state index contributed by atoms with van der Waals surface area (Å²) in [7, 11) is -1.82. The van der Waals surface area contributed by atoms with E-state index in [-0.39, 0.29) is 0 Å². The number of rotatable bonds is 3. The molecule has 0 saturated carbocycles. The Hall–Kier alpha value is -1.86. The molecule has 0 radical (unpaired) electrons. The smallest absolute Gasteiger partial charge is 0.512 e. The van der Waals surface area contributed by atoms with Crippen LogP contribution in [0.25, 0.3) is 11.4 Å². The van der Waals surface area contributed by atoms with Crippen molar-refractivity contribution >= 4 is 7.32 Å². The van der Waals surface area contributed by atoms with Gasteiger partial charge in [0, 0.05) is 5.56 Å². The molecule has 0 bridgehead atoms. The zero-order chi connectivity index (χ0) is 10.7. The third-order valence-electron chi connectivity index (χ3n) is 1.76. The highest BCUT2D eigenvalue weighted by atomic mass is 16.6. The molecule has 7 heteroatoms. The van der Waals surface area contributed by atoms with Crippen molar-refractivity contribution in [3.63, 3.8) is 0 Å². The molecule has 0 spiro atoms. The number of aromatic nitrogens is 3. The Morgan fingerprint density at radius 1 is 1.33 bits per heavy atom. The Bertz CT molecular complexity index is 432. The first-order chi connectivity index (χ1) is 7.25. The maximum absolute atomic E-state index is 8.62. The predicted octanol–water partition coefficient (Wildman–Crippen LogP) is -0.180. The maximum atomic E-state index is 8.62. The van der Waals surface area contributed by atoms with Gasteiger partial charge in [0.05, 0.1) is 0 Å². The van der Waals surface area contributed by atoms with E-state index >= 15 is 0 Å². The molecular formula is C8H8BN3O3. The summed E-state index contributed by atoms with van der Waals surface area (Å²) in [5.41, 5.74) is 0.755. The molecule has 6 nitrogen and oxygen atoms in total. The van der Waals surface area contributed by atoms with Gasteiger partial charge in [0.15, 0.2) is 5.82 Å². The summed E-state index contributed by atoms with van der Waals surface area (Å²) in [6, 6.07) is 6.76. The van der Waals surface area contributed by atoms with E-state index in [4.69, 9.17) is 14.7 Å². The second-order valence-corrected chi connectivity index (χ2v) is 2.81. The van der Waals surface area contributed by atoms with Gasteiger partial charge in [-0.2, -0.15) is 5.10 Å². The van der Waals surface area contributed by atoms with E-state index in [0.717, 1.165) is 5.56 Å². The third kappa shape index (κ3) is 2.33. The first-order valence-electron chi connectivity index (χ1n) is 4.24. The highest BCUT2D eigenvalue weighted by molar-refractivity contribution is 6.33. The number of H-pyrrole nitrogens is 1. The molecular weight excluding hydrogens is 197 g/mol. The number of aromatic amines is 1. The zero-order valence-electron chi connectivity index (χ0n) is 7.66. The minimum Gasteiger partial charge on any atom is -0.512 e. The molecule has 3 N–H and O–H groups in total. The van der Waals surface area contributed by atoms with Gasteiger partial charge in [0.25, 0.3) is 0 Å². The normalized spacial score (nSPS) is 10.0. The molecule has 0 fully saturated rings. The Labute approximate surface area is 85.7 Å². The zero-order valence-corrected chi connectivity index (χ0v) is 7.66. The second kappa shape index (κ2) is 4.12. The summed E-state index contributed by atoms with van der Waals surface area (Å²) in [6.07, 6.45) is 1.39. The summed E-state index contributed by atoms with van der Waals surface area (Å²) < 4.78 is 4.70. The van der Waals surface area contributed by atoms with Crippen LogP contribution in [0.3, 0.4) is 0 Å². The van der Waals surface area contributed by atoms with Crippen molar-refractivity contribution in [2.24, 2.45) is 0 Å². The minimum absolute atomic E-state index is 0.346. The summed E-state index contributed by atoms with van der Waals surface area (Å²) in [5.74, 6) is 0.937. The molecule has 1 aromatic carbocycles. The lowest BCUT2D eigenvalue weighted by atomic mass is 10.2. The molecule has 0 atom stereocenters. The molecule has 0 aliphatic heterocycles. The fourth-order valence-electron chi connectivity index (χ4n) is 1.18. The number of hydrogen-bond acceptors (Lipinski definition) is 5. The molecule has 76 valence electrons. The molecule has 0 saturated heterocycles. The molecule has 15 heavy (non-hydrogen) atoms. The van der Waals surface area contributed by atoms with Crippen LogP contribution in [0.5, 0.6) is 5.75 Å². The van der Waals surface area contributed by atoms with Crippen molar-refractivity contribution in [1.82, 2.24) is 15.2 Å². The van der Waals surface area contributed by atoms with Gasteiger partial charge < -0.3 is 14.7 Å². The molecule has 0 unspecified atom stereocenters. The van der Waals surface area contributed by atoms with Crippen molar-refractivity contribution in [2.75, 3.05) is 0 Å². The highest BCUT2D eigenvalue weighted by Crippen LogP contribution is 2.20. The van der Waals surface area contributed by atoms with Gasteiger partial charge in [-0.1, -0.05) is 12.1 Å². The maximum Gasteiger partial charge on any atom is 0.707 e. The average Bonchev–Trinajstić information content (AvgIpc) is 2.69. The number of benzene rings is 1. The van der Waals surface area contributed by atoms with Crippen LogP contribution in [0.15, 0.2) is 30.6 Å². The number of nitrogens with one attached hydrogen (secondary N) is 1. The quantitative estimate of drug-likeness (QED) is 0.604. The summed E-state index contributed by atoms with van der Waals surface area (Å²) >= 11 is 0. The van der Waals surface area contributed by atoms with Crippen LogP contribution in [0, 0.1) is 0 Å². The standard InChI is InChI=1S/C8H8BN3O3/c13-9(14)15-7-3-1-2-6(4-7)8-10-5-11-12-8/h1-5,13-14H,(H,10,11,12). The molecule has 2 rings (SSSR count). The lowest BCUT2D eigenvalue weighted by Crippen LogP contribution is -2.20. The van der Waals surface area contributed by atoms with E-state index in [9.17, 15) is 0 Å². The lowest BCUT2D eigenvalue weighted by molar-refractivity contribution is 0.288. The molecule has 1 aromatic heterocycles. The van der Waals surface area contributed by atoms with Crippen molar-refractivity contribution < 1.29 is 14.7 Å². The fourth-order valence-corrected chi connectivity index (χ4v) is 1.18. The Balaban J connectivity index is 2.27. The first kappa shape index (κ1) is 9.69. The van der Waals surface area contributed by atoms with Crippen LogP contribution in [0.4, 0.5) is 0 Å². The van der Waals surface area contributed by atoms with Crippen LogP contribution in [-0.2, 0) is 0 Å². The van der Waals surface area contributed by atoms with Gasteiger partial charge >= 0.3 is 7.32 Å². The number of nitrogens with zero attached hydrogens (tertiary/aromatic N) is 2. The second-order valence-electron chi connectivity index (χ2n) is 2.81. The predicted molar refractivity (Wildman–Crippen MR) is 52.6 cm³/mol. The van der Waals surface area contributed by atoms with E-state index < -0.39 is 7.32 Å². The first-order valence-corrected chi connectivity index (χ1v) is 4.24. The van der Waals surface area contributed by atoms with E-state index in [2.05, 4.69) is 15.2 Å². The van der Waals surface area contributed by atoms with Gasteiger partial charge in [0.2, 0.25) is 0 Å². The van der Waals surface area contributed by atoms with Gasteiger partial charge in [-0.3, -0.25) is 5.10 Å². The Morgan fingerprint density at radius 2 is 2.20 bits per heavy atom. The van der Waals surface area contributed by atoms with Crippen LogP contribution in [0.1, 0.15) is 0 Å². The van der Waals surface area contributed by atoms with Crippen molar-refractivity contribution in [3.8, 4) is 17.1 Å². The van der Waals surface area contributed by atoms with Gasteiger partial charge in [-0.15, -0.1) is 0 Å². The average molecular weight is 205 g/mol. The SMILES string of the molecule is OB(O)Oc1cccc(-c2ncn[nH]2)c1. The minimum atomic E-state index is -1.82. The van der Waals surface area contributed by atoms with Crippen LogP contribution in [0.2, 0.25) is 0 Å². The van der Waals surface area contributed by atoms with Crippen LogP contribution in [-0.4, -0.2) is 32.6 Å². The van der Waals surface area contributed by atoms with Crippen molar-refractivity contribution in [3.05, 3.63) is 30.6 Å². The van der Waals surface area contributed by atoms with Crippen LogP contribution >= 0.6 is 0 Å². The van der Waals surface area contributed by atoms with E-state index in [1.165, 1.54) is 6.33 Å². The molecule has 0 aliphatic carbocycles. The highest BCUT2D eigenvalue weighted by Gasteiger charge is 2.11. The fraction of sp³-hybridized carbons (Fsp3) is 0. The molecule has 1 heterocycles. The lowest BCUT2D eigenvalue weighted by Gasteiger charge is -2.05. The Morgan fingerprint density at radius 3 is 2.87 bits per heavy atom. The van der Waals surface area contributed by atoms with Gasteiger partial charge in [-0.05, 0) is 12.1 Å². The van der Waals surface area contributed by atoms with Crippen LogP contribution < -0.4 is 4.65 Å². The Kier molecular flexibility index (Phi) is 2.66. The molecule has 0 aliphatic rings. The summed E-state index contributed by atoms with van der Waals surface area (Å²) in [4.78, 5) is 3.96. The van der Waals surface area contributed by atoms with Crippen molar-refractivity contribution in [2.45, 2.75) is 0 Å². The topological polar surface area (TPSA) is 91.3 Å². The van der Waals surface area contributed by atoms with E-state index in [0.29, 0.717) is 11.6 Å². The molecule has 0 amide bonds. The van der Waals surface area contributed by atoms with E-state index in [1.54, 1.807) is 24.3 Å². The third-order valence-corrected chi connectivity index (χ3v) is 1.76.